The molecule has 0 atom stereocenters. The molecule has 0 radical (unpaired) electrons. The standard InChI is InChI=1S/C13H19N3O3S/c1-11-10-12(15)4-5-13(11)20(17,18)16(7-3-6-14)8-9-19-2/h4-5,10H,3,7-9,15H2,1-2H3. The molecule has 0 aliphatic carbocycles. The van der Waals surface area contributed by atoms with Crippen LogP contribution in [0.3, 0.4) is 0 Å². The molecule has 0 saturated carbocycles. The Hall–Kier alpha value is -1.62. The normalized spacial score (nSPS) is 11.5. The molecule has 0 saturated heterocycles. The van der Waals surface area contributed by atoms with Crippen molar-refractivity contribution in [2.75, 3.05) is 32.5 Å². The van der Waals surface area contributed by atoms with Gasteiger partial charge in [-0.2, -0.15) is 9.57 Å². The number of benzene rings is 1. The molecule has 110 valence electrons. The van der Waals surface area contributed by atoms with Crippen LogP contribution in [0.1, 0.15) is 12.0 Å². The first-order chi connectivity index (χ1) is 9.43. The van der Waals surface area contributed by atoms with Gasteiger partial charge in [-0.1, -0.05) is 0 Å². The quantitative estimate of drug-likeness (QED) is 0.761. The topological polar surface area (TPSA) is 96.4 Å². The minimum atomic E-state index is -3.65. The molecular formula is C13H19N3O3S. The molecule has 0 fully saturated rings. The van der Waals surface area contributed by atoms with Crippen molar-refractivity contribution in [2.45, 2.75) is 18.2 Å². The van der Waals surface area contributed by atoms with Crippen molar-refractivity contribution in [2.24, 2.45) is 0 Å². The molecule has 0 heterocycles. The highest BCUT2D eigenvalue weighted by Crippen LogP contribution is 2.22. The van der Waals surface area contributed by atoms with Gasteiger partial charge in [-0.05, 0) is 30.7 Å². The van der Waals surface area contributed by atoms with Crippen LogP contribution in [0.4, 0.5) is 5.69 Å². The Balaban J connectivity index is 3.11. The monoisotopic (exact) mass is 297 g/mol. The maximum atomic E-state index is 12.6. The zero-order valence-corrected chi connectivity index (χ0v) is 12.5. The van der Waals surface area contributed by atoms with Crippen molar-refractivity contribution in [1.29, 1.82) is 5.26 Å². The van der Waals surface area contributed by atoms with Gasteiger partial charge in [0.15, 0.2) is 0 Å². The molecule has 20 heavy (non-hydrogen) atoms. The van der Waals surface area contributed by atoms with E-state index in [9.17, 15) is 8.42 Å². The number of hydrogen-bond acceptors (Lipinski definition) is 5. The highest BCUT2D eigenvalue weighted by atomic mass is 32.2. The zero-order valence-electron chi connectivity index (χ0n) is 11.7. The Morgan fingerprint density at radius 3 is 2.65 bits per heavy atom. The predicted octanol–water partition coefficient (Wildman–Crippen LogP) is 1.13. The SMILES string of the molecule is COCCN(CCC#N)S(=O)(=O)c1ccc(N)cc1C. The van der Waals surface area contributed by atoms with E-state index in [-0.39, 0.29) is 31.0 Å². The molecule has 0 amide bonds. The van der Waals surface area contributed by atoms with Crippen molar-refractivity contribution < 1.29 is 13.2 Å². The average Bonchev–Trinajstić information content (AvgIpc) is 2.38. The van der Waals surface area contributed by atoms with Crippen molar-refractivity contribution in [3.05, 3.63) is 23.8 Å². The van der Waals surface area contributed by atoms with Gasteiger partial charge in [-0.15, -0.1) is 0 Å². The Kier molecular flexibility index (Phi) is 5.95. The lowest BCUT2D eigenvalue weighted by Crippen LogP contribution is -2.35. The average molecular weight is 297 g/mol. The number of hydrogen-bond donors (Lipinski definition) is 1. The van der Waals surface area contributed by atoms with Crippen molar-refractivity contribution in [1.82, 2.24) is 4.31 Å². The summed E-state index contributed by atoms with van der Waals surface area (Å²) in [5, 5.41) is 8.65. The van der Waals surface area contributed by atoms with Gasteiger partial charge in [-0.25, -0.2) is 8.42 Å². The van der Waals surface area contributed by atoms with Gasteiger partial charge in [0.1, 0.15) is 0 Å². The Morgan fingerprint density at radius 1 is 1.40 bits per heavy atom. The molecule has 0 aromatic heterocycles. The molecule has 0 spiro atoms. The van der Waals surface area contributed by atoms with Gasteiger partial charge in [0.05, 0.1) is 17.6 Å². The number of anilines is 1. The third kappa shape index (κ3) is 3.93. The van der Waals surface area contributed by atoms with Gasteiger partial charge in [0.2, 0.25) is 10.0 Å². The van der Waals surface area contributed by atoms with Gasteiger partial charge >= 0.3 is 0 Å². The molecule has 7 heteroatoms. The molecule has 0 unspecified atom stereocenters. The largest absolute Gasteiger partial charge is 0.399 e. The third-order valence-corrected chi connectivity index (χ3v) is 4.89. The summed E-state index contributed by atoms with van der Waals surface area (Å²) in [5.74, 6) is 0. The van der Waals surface area contributed by atoms with Crippen molar-refractivity contribution >= 4 is 15.7 Å². The number of methoxy groups -OCH3 is 1. The van der Waals surface area contributed by atoms with Gasteiger partial charge in [0.25, 0.3) is 0 Å². The number of ether oxygens (including phenoxy) is 1. The summed E-state index contributed by atoms with van der Waals surface area (Å²) in [4.78, 5) is 0.209. The molecule has 1 aromatic carbocycles. The van der Waals surface area contributed by atoms with E-state index in [0.29, 0.717) is 11.3 Å². The molecule has 1 aromatic rings. The summed E-state index contributed by atoms with van der Waals surface area (Å²) < 4.78 is 31.4. The van der Waals surface area contributed by atoms with Crippen LogP contribution < -0.4 is 5.73 Å². The zero-order chi connectivity index (χ0) is 15.2. The first-order valence-electron chi connectivity index (χ1n) is 6.15. The van der Waals surface area contributed by atoms with E-state index >= 15 is 0 Å². The number of nitrogens with two attached hydrogens (primary N) is 1. The van der Waals surface area contributed by atoms with E-state index in [0.717, 1.165) is 0 Å². The summed E-state index contributed by atoms with van der Waals surface area (Å²) in [6.45, 7) is 2.33. The van der Waals surface area contributed by atoms with E-state index in [2.05, 4.69) is 0 Å². The maximum absolute atomic E-state index is 12.6. The Labute approximate surface area is 119 Å². The fourth-order valence-electron chi connectivity index (χ4n) is 1.82. The van der Waals surface area contributed by atoms with Gasteiger partial charge < -0.3 is 10.5 Å². The number of rotatable bonds is 7. The summed E-state index contributed by atoms with van der Waals surface area (Å²) in [6, 6.07) is 6.62. The second-order valence-corrected chi connectivity index (χ2v) is 6.24. The highest BCUT2D eigenvalue weighted by molar-refractivity contribution is 7.89. The number of nitrogens with zero attached hydrogens (tertiary/aromatic N) is 2. The Bertz CT molecular complexity index is 593. The molecule has 0 aliphatic heterocycles. The van der Waals surface area contributed by atoms with E-state index in [4.69, 9.17) is 15.7 Å². The minimum absolute atomic E-state index is 0.136. The lowest BCUT2D eigenvalue weighted by Gasteiger charge is -2.22. The highest BCUT2D eigenvalue weighted by Gasteiger charge is 2.25. The van der Waals surface area contributed by atoms with Crippen LogP contribution in [0.25, 0.3) is 0 Å². The van der Waals surface area contributed by atoms with E-state index in [1.807, 2.05) is 6.07 Å². The van der Waals surface area contributed by atoms with E-state index in [1.165, 1.54) is 17.5 Å². The first-order valence-corrected chi connectivity index (χ1v) is 7.59. The van der Waals surface area contributed by atoms with Crippen LogP contribution in [-0.4, -0.2) is 39.5 Å². The van der Waals surface area contributed by atoms with Crippen molar-refractivity contribution in [3.8, 4) is 6.07 Å². The number of sulfonamides is 1. The molecule has 6 nitrogen and oxygen atoms in total. The van der Waals surface area contributed by atoms with Crippen LogP contribution in [0, 0.1) is 18.3 Å². The second-order valence-electron chi connectivity index (χ2n) is 4.33. The van der Waals surface area contributed by atoms with Crippen LogP contribution in [0.5, 0.6) is 0 Å². The van der Waals surface area contributed by atoms with Crippen molar-refractivity contribution in [3.63, 3.8) is 0 Å². The van der Waals surface area contributed by atoms with Gasteiger partial charge in [-0.3, -0.25) is 0 Å². The number of nitriles is 1. The smallest absolute Gasteiger partial charge is 0.243 e. The second kappa shape index (κ2) is 7.24. The maximum Gasteiger partial charge on any atom is 0.243 e. The Morgan fingerprint density at radius 2 is 2.10 bits per heavy atom. The van der Waals surface area contributed by atoms with Crippen LogP contribution >= 0.6 is 0 Å². The fourth-order valence-corrected chi connectivity index (χ4v) is 3.45. The molecular weight excluding hydrogens is 278 g/mol. The molecule has 0 bridgehead atoms. The van der Waals surface area contributed by atoms with Crippen LogP contribution in [0.2, 0.25) is 0 Å². The molecule has 0 aliphatic rings. The summed E-state index contributed by atoms with van der Waals surface area (Å²) in [7, 11) is -2.14. The molecule has 1 rings (SSSR count). The summed E-state index contributed by atoms with van der Waals surface area (Å²) >= 11 is 0. The predicted molar refractivity (Wildman–Crippen MR) is 76.5 cm³/mol. The van der Waals surface area contributed by atoms with E-state index in [1.54, 1.807) is 19.1 Å². The van der Waals surface area contributed by atoms with Crippen LogP contribution in [0.15, 0.2) is 23.1 Å². The lowest BCUT2D eigenvalue weighted by atomic mass is 10.2. The summed E-state index contributed by atoms with van der Waals surface area (Å²) in [5.41, 5.74) is 6.74. The lowest BCUT2D eigenvalue weighted by molar-refractivity contribution is 0.179. The van der Waals surface area contributed by atoms with Gasteiger partial charge in [0, 0.05) is 32.3 Å². The summed E-state index contributed by atoms with van der Waals surface area (Å²) in [6.07, 6.45) is 0.136. The van der Waals surface area contributed by atoms with Crippen LogP contribution in [-0.2, 0) is 14.8 Å². The number of nitrogen functional groups attached to an aromatic ring is 1. The fraction of sp³-hybridized carbons (Fsp3) is 0.462. The minimum Gasteiger partial charge on any atom is -0.399 e. The molecule has 2 N–H and O–H groups in total. The third-order valence-electron chi connectivity index (χ3n) is 2.83. The first kappa shape index (κ1) is 16.4. The van der Waals surface area contributed by atoms with E-state index < -0.39 is 10.0 Å². The number of aryl methyl sites for hydroxylation is 1.